The van der Waals surface area contributed by atoms with E-state index in [0.29, 0.717) is 25.7 Å². The molecule has 1 N–H and O–H groups in total. The summed E-state index contributed by atoms with van der Waals surface area (Å²) in [6.07, 6.45) is 0. The summed E-state index contributed by atoms with van der Waals surface area (Å²) in [4.78, 5) is 1.78. The van der Waals surface area contributed by atoms with Crippen LogP contribution in [0.3, 0.4) is 0 Å². The van der Waals surface area contributed by atoms with Gasteiger partial charge in [-0.15, -0.1) is 0 Å². The number of piperazine rings is 1. The number of nitrogens with one attached hydrogen (secondary N) is 1. The second kappa shape index (κ2) is 5.77. The summed E-state index contributed by atoms with van der Waals surface area (Å²) in [5.41, 5.74) is 1.11. The van der Waals surface area contributed by atoms with E-state index < -0.39 is 17.5 Å². The van der Waals surface area contributed by atoms with Crippen LogP contribution in [0, 0.1) is 17.5 Å². The van der Waals surface area contributed by atoms with Gasteiger partial charge in [0.2, 0.25) is 0 Å². The molecule has 2 aromatic rings. The van der Waals surface area contributed by atoms with E-state index in [0.717, 1.165) is 11.6 Å². The van der Waals surface area contributed by atoms with E-state index in [-0.39, 0.29) is 11.7 Å². The van der Waals surface area contributed by atoms with Gasteiger partial charge in [0.05, 0.1) is 11.7 Å². The molecular formula is C16H15F3N2. The summed E-state index contributed by atoms with van der Waals surface area (Å²) in [6, 6.07) is 11.0. The second-order valence-corrected chi connectivity index (χ2v) is 5.04. The first kappa shape index (κ1) is 13.9. The third kappa shape index (κ3) is 2.74. The van der Waals surface area contributed by atoms with Crippen LogP contribution >= 0.6 is 0 Å². The van der Waals surface area contributed by atoms with E-state index in [1.54, 1.807) is 4.90 Å². The Hall–Kier alpha value is -2.01. The van der Waals surface area contributed by atoms with E-state index in [4.69, 9.17) is 0 Å². The quantitative estimate of drug-likeness (QED) is 0.855. The zero-order valence-corrected chi connectivity index (χ0v) is 11.3. The predicted molar refractivity (Wildman–Crippen MR) is 75.7 cm³/mol. The molecule has 0 bridgehead atoms. The molecule has 1 atom stereocenters. The SMILES string of the molecule is Fc1cc(F)c(N2CCNCC2c2ccccc2)cc1F. The Bertz CT molecular complexity index is 631. The first-order valence-electron chi connectivity index (χ1n) is 6.83. The van der Waals surface area contributed by atoms with Crippen molar-refractivity contribution >= 4 is 5.69 Å². The largest absolute Gasteiger partial charge is 0.359 e. The predicted octanol–water partition coefficient (Wildman–Crippen LogP) is 3.25. The highest BCUT2D eigenvalue weighted by Crippen LogP contribution is 2.31. The van der Waals surface area contributed by atoms with Crippen molar-refractivity contribution in [3.05, 3.63) is 65.5 Å². The average Bonchev–Trinajstić information content (AvgIpc) is 2.52. The van der Waals surface area contributed by atoms with Crippen LogP contribution in [0.15, 0.2) is 42.5 Å². The molecule has 1 aliphatic rings. The zero-order chi connectivity index (χ0) is 14.8. The highest BCUT2D eigenvalue weighted by molar-refractivity contribution is 5.51. The second-order valence-electron chi connectivity index (χ2n) is 5.04. The molecule has 2 aromatic carbocycles. The normalized spacial score (nSPS) is 18.8. The molecule has 5 heteroatoms. The standard InChI is InChI=1S/C16H15F3N2/c17-12-8-14(19)15(9-13(12)18)21-7-6-20-10-16(21)11-4-2-1-3-5-11/h1-5,8-9,16,20H,6-7,10H2. The van der Waals surface area contributed by atoms with Gasteiger partial charge in [-0.1, -0.05) is 30.3 Å². The number of halogens is 3. The summed E-state index contributed by atoms with van der Waals surface area (Å²) in [5.74, 6) is -2.93. The van der Waals surface area contributed by atoms with Crippen molar-refractivity contribution in [2.24, 2.45) is 0 Å². The lowest BCUT2D eigenvalue weighted by atomic mass is 10.0. The number of anilines is 1. The fourth-order valence-corrected chi connectivity index (χ4v) is 2.70. The van der Waals surface area contributed by atoms with E-state index in [1.807, 2.05) is 30.3 Å². The van der Waals surface area contributed by atoms with Gasteiger partial charge in [-0.3, -0.25) is 0 Å². The van der Waals surface area contributed by atoms with E-state index in [1.165, 1.54) is 0 Å². The van der Waals surface area contributed by atoms with Gasteiger partial charge in [-0.05, 0) is 5.56 Å². The van der Waals surface area contributed by atoms with Crippen LogP contribution in [0.2, 0.25) is 0 Å². The van der Waals surface area contributed by atoms with Gasteiger partial charge in [0.25, 0.3) is 0 Å². The zero-order valence-electron chi connectivity index (χ0n) is 11.3. The van der Waals surface area contributed by atoms with Crippen LogP contribution < -0.4 is 10.2 Å². The first-order chi connectivity index (χ1) is 10.2. The Labute approximate surface area is 121 Å². The molecule has 1 saturated heterocycles. The van der Waals surface area contributed by atoms with Crippen molar-refractivity contribution in [1.29, 1.82) is 0 Å². The lowest BCUT2D eigenvalue weighted by Crippen LogP contribution is -2.46. The molecule has 0 amide bonds. The summed E-state index contributed by atoms with van der Waals surface area (Å²) >= 11 is 0. The maximum Gasteiger partial charge on any atom is 0.161 e. The topological polar surface area (TPSA) is 15.3 Å². The minimum Gasteiger partial charge on any atom is -0.359 e. The minimum atomic E-state index is -1.16. The monoisotopic (exact) mass is 292 g/mol. The fourth-order valence-electron chi connectivity index (χ4n) is 2.70. The molecule has 0 aromatic heterocycles. The van der Waals surface area contributed by atoms with Crippen molar-refractivity contribution in [2.75, 3.05) is 24.5 Å². The van der Waals surface area contributed by atoms with Crippen LogP contribution in [0.4, 0.5) is 18.9 Å². The van der Waals surface area contributed by atoms with E-state index in [2.05, 4.69) is 5.32 Å². The Morgan fingerprint density at radius 1 is 0.952 bits per heavy atom. The maximum atomic E-state index is 14.0. The molecule has 0 aliphatic carbocycles. The lowest BCUT2D eigenvalue weighted by Gasteiger charge is -2.38. The van der Waals surface area contributed by atoms with Crippen LogP contribution in [-0.2, 0) is 0 Å². The fraction of sp³-hybridized carbons (Fsp3) is 0.250. The highest BCUT2D eigenvalue weighted by atomic mass is 19.2. The molecule has 21 heavy (non-hydrogen) atoms. The lowest BCUT2D eigenvalue weighted by molar-refractivity contribution is 0.466. The Morgan fingerprint density at radius 2 is 1.67 bits per heavy atom. The van der Waals surface area contributed by atoms with Gasteiger partial charge in [0, 0.05) is 31.8 Å². The van der Waals surface area contributed by atoms with Crippen LogP contribution in [0.1, 0.15) is 11.6 Å². The van der Waals surface area contributed by atoms with Crippen molar-refractivity contribution in [2.45, 2.75) is 6.04 Å². The summed E-state index contributed by atoms with van der Waals surface area (Å²) < 4.78 is 40.6. The van der Waals surface area contributed by atoms with Crippen molar-refractivity contribution in [1.82, 2.24) is 5.32 Å². The molecule has 0 radical (unpaired) electrons. The van der Waals surface area contributed by atoms with Gasteiger partial charge in [-0.25, -0.2) is 13.2 Å². The molecule has 1 fully saturated rings. The molecule has 0 saturated carbocycles. The van der Waals surface area contributed by atoms with Gasteiger partial charge in [-0.2, -0.15) is 0 Å². The molecule has 1 unspecified atom stereocenters. The van der Waals surface area contributed by atoms with Crippen molar-refractivity contribution in [3.8, 4) is 0 Å². The molecule has 110 valence electrons. The van der Waals surface area contributed by atoms with Crippen molar-refractivity contribution in [3.63, 3.8) is 0 Å². The maximum absolute atomic E-state index is 14.0. The summed E-state index contributed by atoms with van der Waals surface area (Å²) in [6.45, 7) is 1.83. The highest BCUT2D eigenvalue weighted by Gasteiger charge is 2.27. The molecule has 0 spiro atoms. The van der Waals surface area contributed by atoms with Gasteiger partial charge in [0.1, 0.15) is 5.82 Å². The number of nitrogens with zero attached hydrogens (tertiary/aromatic N) is 1. The average molecular weight is 292 g/mol. The smallest absolute Gasteiger partial charge is 0.161 e. The van der Waals surface area contributed by atoms with E-state index in [9.17, 15) is 13.2 Å². The number of hydrogen-bond acceptors (Lipinski definition) is 2. The minimum absolute atomic E-state index is 0.101. The summed E-state index contributed by atoms with van der Waals surface area (Å²) in [5, 5.41) is 3.25. The van der Waals surface area contributed by atoms with Gasteiger partial charge in [0.15, 0.2) is 11.6 Å². The van der Waals surface area contributed by atoms with Gasteiger partial charge < -0.3 is 10.2 Å². The third-order valence-electron chi connectivity index (χ3n) is 3.73. The number of benzene rings is 2. The molecule has 2 nitrogen and oxygen atoms in total. The Balaban J connectivity index is 2.00. The van der Waals surface area contributed by atoms with E-state index >= 15 is 0 Å². The van der Waals surface area contributed by atoms with Crippen molar-refractivity contribution < 1.29 is 13.2 Å². The molecule has 1 aliphatic heterocycles. The molecule has 3 rings (SSSR count). The molecule has 1 heterocycles. The Morgan fingerprint density at radius 3 is 2.43 bits per heavy atom. The number of hydrogen-bond donors (Lipinski definition) is 1. The molecular weight excluding hydrogens is 277 g/mol. The van der Waals surface area contributed by atoms with Crippen LogP contribution in [0.5, 0.6) is 0 Å². The first-order valence-corrected chi connectivity index (χ1v) is 6.83. The van der Waals surface area contributed by atoms with Crippen LogP contribution in [0.25, 0.3) is 0 Å². The van der Waals surface area contributed by atoms with Gasteiger partial charge >= 0.3 is 0 Å². The number of rotatable bonds is 2. The Kier molecular flexibility index (Phi) is 3.84. The third-order valence-corrected chi connectivity index (χ3v) is 3.73. The summed E-state index contributed by atoms with van der Waals surface area (Å²) in [7, 11) is 0. The van der Waals surface area contributed by atoms with Crippen LogP contribution in [-0.4, -0.2) is 19.6 Å².